The van der Waals surface area contributed by atoms with Gasteiger partial charge < -0.3 is 10.1 Å². The Balaban J connectivity index is 1.47. The van der Waals surface area contributed by atoms with E-state index >= 15 is 0 Å². The molecule has 0 spiro atoms. The van der Waals surface area contributed by atoms with Crippen LogP contribution in [0, 0.1) is 6.92 Å². The van der Waals surface area contributed by atoms with Crippen LogP contribution in [-0.4, -0.2) is 23.4 Å². The van der Waals surface area contributed by atoms with Gasteiger partial charge in [0.15, 0.2) is 0 Å². The number of thiazole rings is 1. The molecule has 0 unspecified atom stereocenters. The van der Waals surface area contributed by atoms with Gasteiger partial charge in [-0.3, -0.25) is 9.59 Å². The van der Waals surface area contributed by atoms with Crippen molar-refractivity contribution in [2.24, 2.45) is 0 Å². The molecular formula is C21H17F3N2O3S. The maximum absolute atomic E-state index is 12.5. The standard InChI is InChI=1S/C21H17F3N2O3S/c1-13-2-4-15(5-3-13)20-26-17(12-30-20)11-29-18(27)10-25-19(28)14-6-8-16(9-7-14)21(22,23)24/h2-9,12H,10-11H2,1H3,(H,25,28). The van der Waals surface area contributed by atoms with E-state index in [1.54, 1.807) is 5.38 Å². The molecule has 3 rings (SSSR count). The molecule has 1 amide bonds. The average Bonchev–Trinajstić information content (AvgIpc) is 3.19. The molecule has 0 aliphatic heterocycles. The number of amides is 1. The highest BCUT2D eigenvalue weighted by molar-refractivity contribution is 7.13. The molecule has 0 aliphatic rings. The van der Waals surface area contributed by atoms with Gasteiger partial charge in [-0.1, -0.05) is 29.8 Å². The lowest BCUT2D eigenvalue weighted by atomic mass is 10.1. The van der Waals surface area contributed by atoms with E-state index in [0.29, 0.717) is 5.69 Å². The van der Waals surface area contributed by atoms with Crippen molar-refractivity contribution in [3.8, 4) is 10.6 Å². The summed E-state index contributed by atoms with van der Waals surface area (Å²) in [4.78, 5) is 28.2. The number of esters is 1. The number of carbonyl (C=O) groups is 2. The number of halogens is 3. The van der Waals surface area contributed by atoms with Crippen molar-refractivity contribution in [2.75, 3.05) is 6.54 Å². The van der Waals surface area contributed by atoms with E-state index in [-0.39, 0.29) is 12.2 Å². The van der Waals surface area contributed by atoms with Gasteiger partial charge in [0.1, 0.15) is 18.2 Å². The Labute approximate surface area is 174 Å². The van der Waals surface area contributed by atoms with Gasteiger partial charge in [0.25, 0.3) is 5.91 Å². The number of hydrogen-bond donors (Lipinski definition) is 1. The number of alkyl halides is 3. The minimum Gasteiger partial charge on any atom is -0.458 e. The summed E-state index contributed by atoms with van der Waals surface area (Å²) >= 11 is 1.43. The summed E-state index contributed by atoms with van der Waals surface area (Å²) in [6.45, 7) is 1.54. The van der Waals surface area contributed by atoms with E-state index < -0.39 is 30.2 Å². The molecular weight excluding hydrogens is 417 g/mol. The van der Waals surface area contributed by atoms with E-state index in [0.717, 1.165) is 40.4 Å². The highest BCUT2D eigenvalue weighted by Crippen LogP contribution is 2.29. The predicted molar refractivity (Wildman–Crippen MR) is 106 cm³/mol. The molecule has 0 saturated heterocycles. The molecule has 0 bridgehead atoms. The first kappa shape index (κ1) is 21.5. The highest BCUT2D eigenvalue weighted by atomic mass is 32.1. The number of aromatic nitrogens is 1. The zero-order valence-corrected chi connectivity index (χ0v) is 16.6. The lowest BCUT2D eigenvalue weighted by Crippen LogP contribution is -2.30. The van der Waals surface area contributed by atoms with Crippen molar-refractivity contribution in [3.05, 3.63) is 76.3 Å². The van der Waals surface area contributed by atoms with Crippen LogP contribution in [0.1, 0.15) is 27.2 Å². The molecule has 5 nitrogen and oxygen atoms in total. The van der Waals surface area contributed by atoms with Crippen molar-refractivity contribution >= 4 is 23.2 Å². The third kappa shape index (κ3) is 5.66. The maximum atomic E-state index is 12.5. The van der Waals surface area contributed by atoms with Crippen molar-refractivity contribution in [1.29, 1.82) is 0 Å². The van der Waals surface area contributed by atoms with Gasteiger partial charge in [-0.05, 0) is 31.2 Å². The highest BCUT2D eigenvalue weighted by Gasteiger charge is 2.30. The molecule has 30 heavy (non-hydrogen) atoms. The van der Waals surface area contributed by atoms with Crippen molar-refractivity contribution < 1.29 is 27.5 Å². The minimum absolute atomic E-state index is 0.0121. The van der Waals surface area contributed by atoms with Crippen LogP contribution in [0.2, 0.25) is 0 Å². The summed E-state index contributed by atoms with van der Waals surface area (Å²) in [6.07, 6.45) is -4.48. The van der Waals surface area contributed by atoms with Crippen LogP contribution in [0.3, 0.4) is 0 Å². The number of ether oxygens (including phenoxy) is 1. The van der Waals surface area contributed by atoms with Gasteiger partial charge >= 0.3 is 12.1 Å². The molecule has 1 aromatic heterocycles. The second-order valence-electron chi connectivity index (χ2n) is 6.43. The third-order valence-corrected chi connectivity index (χ3v) is 5.04. The van der Waals surface area contributed by atoms with Crippen molar-refractivity contribution in [1.82, 2.24) is 10.3 Å². The summed E-state index contributed by atoms with van der Waals surface area (Å²) in [5.74, 6) is -1.35. The Hall–Kier alpha value is -3.20. The predicted octanol–water partition coefficient (Wildman–Crippen LogP) is 4.61. The summed E-state index contributed by atoms with van der Waals surface area (Å²) < 4.78 is 42.7. The SMILES string of the molecule is Cc1ccc(-c2nc(COC(=O)CNC(=O)c3ccc(C(F)(F)F)cc3)cs2)cc1. The summed E-state index contributed by atoms with van der Waals surface area (Å²) in [7, 11) is 0. The lowest BCUT2D eigenvalue weighted by molar-refractivity contribution is -0.143. The fourth-order valence-electron chi connectivity index (χ4n) is 2.47. The van der Waals surface area contributed by atoms with Crippen molar-refractivity contribution in [2.45, 2.75) is 19.7 Å². The number of nitrogens with zero attached hydrogens (tertiary/aromatic N) is 1. The summed E-state index contributed by atoms with van der Waals surface area (Å²) in [5.41, 5.74) is 1.84. The number of benzene rings is 2. The molecule has 2 aromatic carbocycles. The number of carbonyl (C=O) groups excluding carboxylic acids is 2. The Morgan fingerprint density at radius 3 is 2.37 bits per heavy atom. The molecule has 156 valence electrons. The van der Waals surface area contributed by atoms with E-state index in [2.05, 4.69) is 10.3 Å². The maximum Gasteiger partial charge on any atom is 0.416 e. The number of hydrogen-bond acceptors (Lipinski definition) is 5. The Kier molecular flexibility index (Phi) is 6.51. The van der Waals surface area contributed by atoms with E-state index in [1.807, 2.05) is 31.2 Å². The topological polar surface area (TPSA) is 68.3 Å². The van der Waals surface area contributed by atoms with Crippen LogP contribution < -0.4 is 5.32 Å². The first-order valence-electron chi connectivity index (χ1n) is 8.85. The smallest absolute Gasteiger partial charge is 0.416 e. The van der Waals surface area contributed by atoms with Gasteiger partial charge in [0.2, 0.25) is 0 Å². The van der Waals surface area contributed by atoms with Gasteiger partial charge in [-0.15, -0.1) is 11.3 Å². The molecule has 0 radical (unpaired) electrons. The average molecular weight is 434 g/mol. The van der Waals surface area contributed by atoms with Gasteiger partial charge in [-0.2, -0.15) is 13.2 Å². The van der Waals surface area contributed by atoms with Crippen LogP contribution in [0.4, 0.5) is 13.2 Å². The quantitative estimate of drug-likeness (QED) is 0.576. The van der Waals surface area contributed by atoms with Crippen molar-refractivity contribution in [3.63, 3.8) is 0 Å². The molecule has 1 heterocycles. The first-order valence-corrected chi connectivity index (χ1v) is 9.73. The zero-order chi connectivity index (χ0) is 21.7. The summed E-state index contributed by atoms with van der Waals surface area (Å²) in [5, 5.41) is 4.90. The molecule has 9 heteroatoms. The molecule has 1 N–H and O–H groups in total. The van der Waals surface area contributed by atoms with Gasteiger partial charge in [-0.25, -0.2) is 4.98 Å². The van der Waals surface area contributed by atoms with Crippen LogP contribution in [0.25, 0.3) is 10.6 Å². The normalized spacial score (nSPS) is 11.2. The zero-order valence-electron chi connectivity index (χ0n) is 15.8. The molecule has 0 atom stereocenters. The Bertz CT molecular complexity index is 1030. The number of rotatable bonds is 6. The molecule has 0 fully saturated rings. The van der Waals surface area contributed by atoms with E-state index in [1.165, 1.54) is 11.3 Å². The van der Waals surface area contributed by atoms with Crippen LogP contribution in [-0.2, 0) is 22.3 Å². The van der Waals surface area contributed by atoms with E-state index in [9.17, 15) is 22.8 Å². The van der Waals surface area contributed by atoms with Crippen LogP contribution in [0.5, 0.6) is 0 Å². The minimum atomic E-state index is -4.48. The fraction of sp³-hybridized carbons (Fsp3) is 0.190. The number of aryl methyl sites for hydroxylation is 1. The van der Waals surface area contributed by atoms with Gasteiger partial charge in [0.05, 0.1) is 11.3 Å². The Morgan fingerprint density at radius 1 is 1.07 bits per heavy atom. The van der Waals surface area contributed by atoms with Gasteiger partial charge in [0, 0.05) is 16.5 Å². The fourth-order valence-corrected chi connectivity index (χ4v) is 3.28. The number of nitrogens with one attached hydrogen (secondary N) is 1. The monoisotopic (exact) mass is 434 g/mol. The second kappa shape index (κ2) is 9.08. The molecule has 3 aromatic rings. The largest absolute Gasteiger partial charge is 0.458 e. The molecule has 0 aliphatic carbocycles. The van der Waals surface area contributed by atoms with Crippen LogP contribution >= 0.6 is 11.3 Å². The first-order chi connectivity index (χ1) is 14.2. The Morgan fingerprint density at radius 2 is 1.73 bits per heavy atom. The van der Waals surface area contributed by atoms with Crippen LogP contribution in [0.15, 0.2) is 53.9 Å². The second-order valence-corrected chi connectivity index (χ2v) is 7.29. The summed E-state index contributed by atoms with van der Waals surface area (Å²) in [6, 6.07) is 11.6. The van der Waals surface area contributed by atoms with E-state index in [4.69, 9.17) is 4.74 Å². The lowest BCUT2D eigenvalue weighted by Gasteiger charge is -2.08. The third-order valence-electron chi connectivity index (χ3n) is 4.10. The molecule has 0 saturated carbocycles.